The lowest BCUT2D eigenvalue weighted by atomic mass is 10.1. The monoisotopic (exact) mass is 267 g/mol. The maximum Gasteiger partial charge on any atom is 0.224 e. The fourth-order valence-electron chi connectivity index (χ4n) is 1.47. The van der Waals surface area contributed by atoms with E-state index in [0.29, 0.717) is 22.2 Å². The third-order valence-corrected chi connectivity index (χ3v) is 3.46. The second-order valence-corrected chi connectivity index (χ2v) is 5.17. The summed E-state index contributed by atoms with van der Waals surface area (Å²) in [5.74, 6) is 0.341. The van der Waals surface area contributed by atoms with E-state index in [1.165, 1.54) is 18.4 Å². The van der Waals surface area contributed by atoms with Crippen molar-refractivity contribution in [2.24, 2.45) is 0 Å². The summed E-state index contributed by atoms with van der Waals surface area (Å²) in [7, 11) is 1.50. The molecule has 0 spiro atoms. The molecule has 0 amide bonds. The SMILES string of the molecule is COc1ncccc1C(=O)Cc1ccc(Cl)s1. The second-order valence-electron chi connectivity index (χ2n) is 3.37. The van der Waals surface area contributed by atoms with Crippen LogP contribution in [-0.4, -0.2) is 17.9 Å². The van der Waals surface area contributed by atoms with Gasteiger partial charge in [-0.1, -0.05) is 11.6 Å². The molecule has 3 nitrogen and oxygen atoms in total. The summed E-state index contributed by atoms with van der Waals surface area (Å²) in [6.07, 6.45) is 1.91. The molecular formula is C12H10ClNO2S. The van der Waals surface area contributed by atoms with E-state index in [-0.39, 0.29) is 5.78 Å². The van der Waals surface area contributed by atoms with Gasteiger partial charge < -0.3 is 4.74 Å². The van der Waals surface area contributed by atoms with Crippen molar-refractivity contribution in [3.63, 3.8) is 0 Å². The van der Waals surface area contributed by atoms with Gasteiger partial charge in [0.1, 0.15) is 0 Å². The fourth-order valence-corrected chi connectivity index (χ4v) is 2.55. The molecule has 0 atom stereocenters. The van der Waals surface area contributed by atoms with Crippen LogP contribution in [0.25, 0.3) is 0 Å². The lowest BCUT2D eigenvalue weighted by Crippen LogP contribution is -2.05. The Bertz CT molecular complexity index is 539. The summed E-state index contributed by atoms with van der Waals surface area (Å²) >= 11 is 7.23. The van der Waals surface area contributed by atoms with Crippen LogP contribution in [0.2, 0.25) is 4.34 Å². The minimum atomic E-state index is -0.0199. The molecule has 0 fully saturated rings. The zero-order valence-corrected chi connectivity index (χ0v) is 10.7. The van der Waals surface area contributed by atoms with Gasteiger partial charge in [-0.3, -0.25) is 4.79 Å². The first kappa shape index (κ1) is 12.1. The number of halogens is 1. The molecule has 88 valence electrons. The third-order valence-electron chi connectivity index (χ3n) is 2.23. The van der Waals surface area contributed by atoms with Gasteiger partial charge in [0.2, 0.25) is 5.88 Å². The van der Waals surface area contributed by atoms with E-state index in [2.05, 4.69) is 4.98 Å². The molecule has 0 N–H and O–H groups in total. The van der Waals surface area contributed by atoms with Crippen LogP contribution in [0.5, 0.6) is 5.88 Å². The maximum atomic E-state index is 12.0. The van der Waals surface area contributed by atoms with Crippen molar-refractivity contribution < 1.29 is 9.53 Å². The molecule has 17 heavy (non-hydrogen) atoms. The van der Waals surface area contributed by atoms with Gasteiger partial charge in [0.25, 0.3) is 0 Å². The quantitative estimate of drug-likeness (QED) is 0.799. The Morgan fingerprint density at radius 3 is 2.94 bits per heavy atom. The summed E-state index contributed by atoms with van der Waals surface area (Å²) in [5, 5.41) is 0. The Balaban J connectivity index is 2.20. The van der Waals surface area contributed by atoms with Gasteiger partial charge in [-0.05, 0) is 24.3 Å². The van der Waals surface area contributed by atoms with Crippen molar-refractivity contribution in [2.45, 2.75) is 6.42 Å². The van der Waals surface area contributed by atoms with Crippen LogP contribution in [0.3, 0.4) is 0 Å². The molecule has 2 rings (SSSR count). The summed E-state index contributed by atoms with van der Waals surface area (Å²) in [6.45, 7) is 0. The molecular weight excluding hydrogens is 258 g/mol. The minimum absolute atomic E-state index is 0.0199. The zero-order valence-electron chi connectivity index (χ0n) is 9.14. The first-order valence-electron chi connectivity index (χ1n) is 4.97. The Hall–Kier alpha value is -1.39. The van der Waals surface area contributed by atoms with Gasteiger partial charge in [0.15, 0.2) is 5.78 Å². The van der Waals surface area contributed by atoms with Crippen LogP contribution in [0.4, 0.5) is 0 Å². The van der Waals surface area contributed by atoms with E-state index in [9.17, 15) is 4.79 Å². The predicted molar refractivity (Wildman–Crippen MR) is 68.2 cm³/mol. The molecule has 0 saturated carbocycles. The molecule has 5 heteroatoms. The van der Waals surface area contributed by atoms with Crippen LogP contribution in [0, 0.1) is 0 Å². The van der Waals surface area contributed by atoms with Gasteiger partial charge >= 0.3 is 0 Å². The number of thiophene rings is 1. The largest absolute Gasteiger partial charge is 0.480 e. The topological polar surface area (TPSA) is 39.2 Å². The number of Topliss-reactive ketones (excluding diaryl/α,β-unsaturated/α-hetero) is 1. The van der Waals surface area contributed by atoms with E-state index in [0.717, 1.165) is 4.88 Å². The van der Waals surface area contributed by atoms with E-state index in [4.69, 9.17) is 16.3 Å². The summed E-state index contributed by atoms with van der Waals surface area (Å²) < 4.78 is 5.74. The van der Waals surface area contributed by atoms with Gasteiger partial charge in [-0.2, -0.15) is 0 Å². The smallest absolute Gasteiger partial charge is 0.224 e. The molecule has 0 aromatic carbocycles. The molecule has 0 radical (unpaired) electrons. The number of nitrogens with zero attached hydrogens (tertiary/aromatic N) is 1. The van der Waals surface area contributed by atoms with Gasteiger partial charge in [0.05, 0.1) is 17.0 Å². The Morgan fingerprint density at radius 1 is 1.47 bits per heavy atom. The van der Waals surface area contributed by atoms with Crippen LogP contribution in [0.15, 0.2) is 30.5 Å². The molecule has 0 aliphatic carbocycles. The highest BCUT2D eigenvalue weighted by Gasteiger charge is 2.14. The zero-order chi connectivity index (χ0) is 12.3. The van der Waals surface area contributed by atoms with Crippen molar-refractivity contribution in [1.29, 1.82) is 0 Å². The minimum Gasteiger partial charge on any atom is -0.480 e. The molecule has 2 aromatic rings. The number of ketones is 1. The highest BCUT2D eigenvalue weighted by molar-refractivity contribution is 7.16. The van der Waals surface area contributed by atoms with Crippen molar-refractivity contribution >= 4 is 28.7 Å². The van der Waals surface area contributed by atoms with Gasteiger partial charge in [0, 0.05) is 17.5 Å². The van der Waals surface area contributed by atoms with Crippen molar-refractivity contribution in [2.75, 3.05) is 7.11 Å². The van der Waals surface area contributed by atoms with Crippen molar-refractivity contribution in [3.8, 4) is 5.88 Å². The van der Waals surface area contributed by atoms with Crippen LogP contribution < -0.4 is 4.74 Å². The average Bonchev–Trinajstić information content (AvgIpc) is 2.74. The number of pyridine rings is 1. The maximum absolute atomic E-state index is 12.0. The molecule has 2 heterocycles. The van der Waals surface area contributed by atoms with Crippen molar-refractivity contribution in [1.82, 2.24) is 4.98 Å². The average molecular weight is 268 g/mol. The summed E-state index contributed by atoms with van der Waals surface area (Å²) in [6, 6.07) is 7.07. The molecule has 0 bridgehead atoms. The number of hydrogen-bond acceptors (Lipinski definition) is 4. The number of hydrogen-bond donors (Lipinski definition) is 0. The number of ether oxygens (including phenoxy) is 1. The number of methoxy groups -OCH3 is 1. The van der Waals surface area contributed by atoms with Crippen LogP contribution >= 0.6 is 22.9 Å². The van der Waals surface area contributed by atoms with Crippen LogP contribution in [-0.2, 0) is 6.42 Å². The Kier molecular flexibility index (Phi) is 3.76. The van der Waals surface area contributed by atoms with Gasteiger partial charge in [-0.25, -0.2) is 4.98 Å². The third kappa shape index (κ3) is 2.84. The molecule has 0 aliphatic rings. The molecule has 0 saturated heterocycles. The highest BCUT2D eigenvalue weighted by Crippen LogP contribution is 2.24. The normalized spacial score (nSPS) is 10.2. The Morgan fingerprint density at radius 2 is 2.29 bits per heavy atom. The Labute approximate surface area is 108 Å². The first-order valence-corrected chi connectivity index (χ1v) is 6.16. The number of carbonyl (C=O) groups excluding carboxylic acids is 1. The standard InChI is InChI=1S/C12H10ClNO2S/c1-16-12-9(3-2-6-14-12)10(15)7-8-4-5-11(13)17-8/h2-6H,7H2,1H3. The lowest BCUT2D eigenvalue weighted by Gasteiger charge is -2.04. The molecule has 0 aliphatic heterocycles. The van der Waals surface area contributed by atoms with Gasteiger partial charge in [-0.15, -0.1) is 11.3 Å². The van der Waals surface area contributed by atoms with E-state index in [1.54, 1.807) is 24.4 Å². The predicted octanol–water partition coefficient (Wildman–Crippen LogP) is 3.23. The number of rotatable bonds is 4. The highest BCUT2D eigenvalue weighted by atomic mass is 35.5. The number of carbonyl (C=O) groups is 1. The van der Waals surface area contributed by atoms with Crippen LogP contribution in [0.1, 0.15) is 15.2 Å². The summed E-state index contributed by atoms with van der Waals surface area (Å²) in [5.41, 5.74) is 0.500. The summed E-state index contributed by atoms with van der Waals surface area (Å²) in [4.78, 5) is 17.0. The fraction of sp³-hybridized carbons (Fsp3) is 0.167. The van der Waals surface area contributed by atoms with Crippen molar-refractivity contribution in [3.05, 3.63) is 45.2 Å². The van der Waals surface area contributed by atoms with E-state index < -0.39 is 0 Å². The van der Waals surface area contributed by atoms with E-state index in [1.807, 2.05) is 6.07 Å². The first-order chi connectivity index (χ1) is 8.20. The number of aromatic nitrogens is 1. The second kappa shape index (κ2) is 5.29. The molecule has 2 aromatic heterocycles. The lowest BCUT2D eigenvalue weighted by molar-refractivity contribution is 0.0990. The van der Waals surface area contributed by atoms with E-state index >= 15 is 0 Å². The molecule has 0 unspecified atom stereocenters.